The van der Waals surface area contributed by atoms with E-state index >= 15 is 0 Å². The second kappa shape index (κ2) is 6.66. The van der Waals surface area contributed by atoms with E-state index in [9.17, 15) is 9.50 Å². The number of aliphatic hydroxyl groups excluding tert-OH is 1. The number of rotatable bonds is 4. The molecule has 0 saturated carbocycles. The van der Waals surface area contributed by atoms with Crippen LogP contribution in [0.3, 0.4) is 0 Å². The molecule has 112 valence electrons. The molecule has 1 aromatic carbocycles. The number of hydrogen-bond acceptors (Lipinski definition) is 3. The second-order valence-corrected chi connectivity index (χ2v) is 5.84. The fourth-order valence-corrected chi connectivity index (χ4v) is 2.61. The van der Waals surface area contributed by atoms with E-state index in [0.717, 1.165) is 24.2 Å². The molecule has 4 heteroatoms. The normalized spacial score (nSPS) is 22.2. The van der Waals surface area contributed by atoms with E-state index in [-0.39, 0.29) is 11.9 Å². The molecule has 1 aliphatic heterocycles. The SMILES string of the molecule is Cc1ccc(F)cc1CC(O)C1CN(C(C)C)CCO1. The van der Waals surface area contributed by atoms with Crippen molar-refractivity contribution in [2.45, 2.75) is 45.4 Å². The topological polar surface area (TPSA) is 32.7 Å². The summed E-state index contributed by atoms with van der Waals surface area (Å²) in [5.74, 6) is -0.258. The van der Waals surface area contributed by atoms with Crippen LogP contribution in [0.1, 0.15) is 25.0 Å². The average molecular weight is 281 g/mol. The molecule has 1 heterocycles. The fraction of sp³-hybridized carbons (Fsp3) is 0.625. The number of morpholine rings is 1. The Bertz CT molecular complexity index is 450. The van der Waals surface area contributed by atoms with Crippen LogP contribution in [0.15, 0.2) is 18.2 Å². The Morgan fingerprint density at radius 2 is 2.20 bits per heavy atom. The Morgan fingerprint density at radius 1 is 1.45 bits per heavy atom. The molecular weight excluding hydrogens is 257 g/mol. The number of aliphatic hydroxyl groups is 1. The summed E-state index contributed by atoms with van der Waals surface area (Å²) in [6.07, 6.45) is -0.369. The van der Waals surface area contributed by atoms with Gasteiger partial charge in [0.05, 0.1) is 18.8 Å². The van der Waals surface area contributed by atoms with Gasteiger partial charge in [-0.05, 0) is 44.0 Å². The van der Waals surface area contributed by atoms with Crippen LogP contribution < -0.4 is 0 Å². The smallest absolute Gasteiger partial charge is 0.123 e. The highest BCUT2D eigenvalue weighted by Crippen LogP contribution is 2.18. The summed E-state index contributed by atoms with van der Waals surface area (Å²) in [7, 11) is 0. The van der Waals surface area contributed by atoms with Crippen LogP contribution in [0.25, 0.3) is 0 Å². The van der Waals surface area contributed by atoms with Crippen molar-refractivity contribution in [3.05, 3.63) is 35.1 Å². The predicted molar refractivity (Wildman–Crippen MR) is 77.3 cm³/mol. The van der Waals surface area contributed by atoms with Crippen LogP contribution in [0, 0.1) is 12.7 Å². The van der Waals surface area contributed by atoms with Crippen molar-refractivity contribution in [1.82, 2.24) is 4.90 Å². The van der Waals surface area contributed by atoms with Gasteiger partial charge in [-0.15, -0.1) is 0 Å². The minimum absolute atomic E-state index is 0.200. The first-order valence-corrected chi connectivity index (χ1v) is 7.26. The zero-order valence-electron chi connectivity index (χ0n) is 12.5. The van der Waals surface area contributed by atoms with Crippen molar-refractivity contribution in [2.75, 3.05) is 19.7 Å². The van der Waals surface area contributed by atoms with Gasteiger partial charge < -0.3 is 9.84 Å². The summed E-state index contributed by atoms with van der Waals surface area (Å²) in [6, 6.07) is 5.15. The molecule has 3 nitrogen and oxygen atoms in total. The number of ether oxygens (including phenoxy) is 1. The minimum atomic E-state index is -0.600. The number of benzene rings is 1. The third-order valence-electron chi connectivity index (χ3n) is 4.02. The third-order valence-corrected chi connectivity index (χ3v) is 4.02. The summed E-state index contributed by atoms with van der Waals surface area (Å²) in [4.78, 5) is 2.30. The van der Waals surface area contributed by atoms with Gasteiger partial charge >= 0.3 is 0 Å². The number of hydrogen-bond donors (Lipinski definition) is 1. The lowest BCUT2D eigenvalue weighted by molar-refractivity contribution is -0.0941. The molecule has 1 aliphatic rings. The maximum Gasteiger partial charge on any atom is 0.123 e. The lowest BCUT2D eigenvalue weighted by Crippen LogP contribution is -2.50. The first-order chi connectivity index (χ1) is 9.47. The van der Waals surface area contributed by atoms with Gasteiger partial charge in [-0.1, -0.05) is 6.07 Å². The first kappa shape index (κ1) is 15.4. The molecule has 0 spiro atoms. The molecule has 1 saturated heterocycles. The maximum absolute atomic E-state index is 13.3. The fourth-order valence-electron chi connectivity index (χ4n) is 2.61. The molecule has 0 amide bonds. The van der Waals surface area contributed by atoms with Crippen LogP contribution in [0.4, 0.5) is 4.39 Å². The Morgan fingerprint density at radius 3 is 2.90 bits per heavy atom. The Labute approximate surface area is 120 Å². The lowest BCUT2D eigenvalue weighted by atomic mass is 9.98. The van der Waals surface area contributed by atoms with E-state index in [1.54, 1.807) is 6.07 Å². The second-order valence-electron chi connectivity index (χ2n) is 5.84. The highest BCUT2D eigenvalue weighted by atomic mass is 19.1. The van der Waals surface area contributed by atoms with Crippen LogP contribution in [0.5, 0.6) is 0 Å². The predicted octanol–water partition coefficient (Wildman–Crippen LogP) is 2.15. The van der Waals surface area contributed by atoms with Crippen molar-refractivity contribution in [3.8, 4) is 0 Å². The Balaban J connectivity index is 2.00. The lowest BCUT2D eigenvalue weighted by Gasteiger charge is -2.37. The minimum Gasteiger partial charge on any atom is -0.390 e. The van der Waals surface area contributed by atoms with Gasteiger partial charge in [-0.25, -0.2) is 4.39 Å². The number of nitrogens with zero attached hydrogens (tertiary/aromatic N) is 1. The molecule has 2 atom stereocenters. The largest absolute Gasteiger partial charge is 0.390 e. The molecule has 2 unspecified atom stereocenters. The van der Waals surface area contributed by atoms with Gasteiger partial charge in [0.25, 0.3) is 0 Å². The molecule has 2 rings (SSSR count). The molecule has 0 radical (unpaired) electrons. The van der Waals surface area contributed by atoms with Crippen LogP contribution >= 0.6 is 0 Å². The number of halogens is 1. The molecule has 1 N–H and O–H groups in total. The van der Waals surface area contributed by atoms with Gasteiger partial charge in [-0.3, -0.25) is 4.90 Å². The third kappa shape index (κ3) is 3.78. The number of aryl methyl sites for hydroxylation is 1. The standard InChI is InChI=1S/C16H24FNO2/c1-11(2)18-6-7-20-16(10-18)15(19)9-13-8-14(17)5-4-12(13)3/h4-5,8,11,15-16,19H,6-7,9-10H2,1-3H3. The van der Waals surface area contributed by atoms with Gasteiger partial charge in [0, 0.05) is 25.6 Å². The van der Waals surface area contributed by atoms with Crippen molar-refractivity contribution in [1.29, 1.82) is 0 Å². The zero-order chi connectivity index (χ0) is 14.7. The van der Waals surface area contributed by atoms with E-state index in [0.29, 0.717) is 19.1 Å². The highest BCUT2D eigenvalue weighted by molar-refractivity contribution is 5.27. The molecule has 20 heavy (non-hydrogen) atoms. The summed E-state index contributed by atoms with van der Waals surface area (Å²) in [5.41, 5.74) is 1.85. The molecular formula is C16H24FNO2. The average Bonchev–Trinajstić information content (AvgIpc) is 2.43. The van der Waals surface area contributed by atoms with Gasteiger partial charge in [0.1, 0.15) is 5.82 Å². The first-order valence-electron chi connectivity index (χ1n) is 7.26. The van der Waals surface area contributed by atoms with E-state index in [1.165, 1.54) is 12.1 Å². The van der Waals surface area contributed by atoms with Crippen molar-refractivity contribution in [2.24, 2.45) is 0 Å². The molecule has 0 bridgehead atoms. The van der Waals surface area contributed by atoms with Gasteiger partial charge in [0.2, 0.25) is 0 Å². The zero-order valence-corrected chi connectivity index (χ0v) is 12.5. The summed E-state index contributed by atoms with van der Waals surface area (Å²) in [5, 5.41) is 10.4. The quantitative estimate of drug-likeness (QED) is 0.918. The summed E-state index contributed by atoms with van der Waals surface area (Å²) >= 11 is 0. The highest BCUT2D eigenvalue weighted by Gasteiger charge is 2.28. The van der Waals surface area contributed by atoms with Crippen LogP contribution in [0.2, 0.25) is 0 Å². The molecule has 0 aromatic heterocycles. The molecule has 1 fully saturated rings. The van der Waals surface area contributed by atoms with Crippen molar-refractivity contribution < 1.29 is 14.2 Å². The maximum atomic E-state index is 13.3. The molecule has 1 aromatic rings. The summed E-state index contributed by atoms with van der Waals surface area (Å²) in [6.45, 7) is 8.50. The summed E-state index contributed by atoms with van der Waals surface area (Å²) < 4.78 is 19.0. The van der Waals surface area contributed by atoms with Gasteiger partial charge in [-0.2, -0.15) is 0 Å². The monoisotopic (exact) mass is 281 g/mol. The Hall–Kier alpha value is -0.970. The van der Waals surface area contributed by atoms with Crippen molar-refractivity contribution in [3.63, 3.8) is 0 Å². The Kier molecular flexibility index (Phi) is 5.13. The van der Waals surface area contributed by atoms with E-state index in [1.807, 2.05) is 6.92 Å². The van der Waals surface area contributed by atoms with E-state index in [4.69, 9.17) is 4.74 Å². The van der Waals surface area contributed by atoms with Crippen LogP contribution in [-0.2, 0) is 11.2 Å². The van der Waals surface area contributed by atoms with Crippen molar-refractivity contribution >= 4 is 0 Å². The molecule has 0 aliphatic carbocycles. The van der Waals surface area contributed by atoms with Crippen LogP contribution in [-0.4, -0.2) is 48.0 Å². The van der Waals surface area contributed by atoms with E-state index < -0.39 is 6.10 Å². The van der Waals surface area contributed by atoms with Gasteiger partial charge in [0.15, 0.2) is 0 Å². The van der Waals surface area contributed by atoms with E-state index in [2.05, 4.69) is 18.7 Å².